The largest absolute Gasteiger partial charge is 0.369 e. The van der Waals surface area contributed by atoms with Crippen LogP contribution in [0.4, 0.5) is 0 Å². The molecule has 1 aliphatic rings. The van der Waals surface area contributed by atoms with Crippen molar-refractivity contribution in [3.05, 3.63) is 46.5 Å². The zero-order valence-electron chi connectivity index (χ0n) is 11.3. The minimum atomic E-state index is -0.885. The molecular formula is C16H16ClNO2. The number of unbranched alkanes of at least 4 members (excludes halogenated alkanes) is 1. The number of aliphatic hydroxyl groups excluding tert-OH is 1. The number of rotatable bonds is 3. The molecule has 0 fully saturated rings. The van der Waals surface area contributed by atoms with Crippen LogP contribution in [0, 0.1) is 0 Å². The van der Waals surface area contributed by atoms with Gasteiger partial charge in [-0.15, -0.1) is 0 Å². The van der Waals surface area contributed by atoms with E-state index in [1.54, 1.807) is 12.1 Å². The van der Waals surface area contributed by atoms with Gasteiger partial charge in [0, 0.05) is 33.5 Å². The van der Waals surface area contributed by atoms with Crippen LogP contribution in [0.2, 0.25) is 5.02 Å². The number of hydrogen-bond donors (Lipinski definition) is 1. The van der Waals surface area contributed by atoms with Crippen molar-refractivity contribution in [3.8, 4) is 0 Å². The summed E-state index contributed by atoms with van der Waals surface area (Å²) in [5.41, 5.74) is 1.39. The van der Waals surface area contributed by atoms with Crippen molar-refractivity contribution in [3.63, 3.8) is 0 Å². The van der Waals surface area contributed by atoms with Gasteiger partial charge in [-0.2, -0.15) is 0 Å². The van der Waals surface area contributed by atoms with Gasteiger partial charge in [-0.05, 0) is 18.6 Å². The minimum Gasteiger partial charge on any atom is -0.369 e. The third-order valence-electron chi connectivity index (χ3n) is 3.84. The summed E-state index contributed by atoms with van der Waals surface area (Å²) < 4.78 is 0. The van der Waals surface area contributed by atoms with E-state index < -0.39 is 6.23 Å². The first-order valence-electron chi connectivity index (χ1n) is 6.85. The Balaban J connectivity index is 2.20. The van der Waals surface area contributed by atoms with Crippen molar-refractivity contribution >= 4 is 28.3 Å². The van der Waals surface area contributed by atoms with Crippen molar-refractivity contribution < 1.29 is 9.90 Å². The summed E-state index contributed by atoms with van der Waals surface area (Å²) in [5, 5.41) is 12.7. The number of carbonyl (C=O) groups excluding carboxylic acids is 1. The first-order valence-corrected chi connectivity index (χ1v) is 7.23. The zero-order chi connectivity index (χ0) is 14.3. The summed E-state index contributed by atoms with van der Waals surface area (Å²) in [6.45, 7) is 2.63. The van der Waals surface area contributed by atoms with Crippen molar-refractivity contribution in [2.75, 3.05) is 6.54 Å². The molecule has 1 heterocycles. The highest BCUT2D eigenvalue weighted by Gasteiger charge is 2.32. The third kappa shape index (κ3) is 1.89. The molecule has 1 amide bonds. The molecule has 0 radical (unpaired) electrons. The van der Waals surface area contributed by atoms with E-state index >= 15 is 0 Å². The minimum absolute atomic E-state index is 0.119. The van der Waals surface area contributed by atoms with E-state index in [9.17, 15) is 9.90 Å². The molecule has 2 aromatic carbocycles. The van der Waals surface area contributed by atoms with Crippen LogP contribution in [0.15, 0.2) is 30.3 Å². The van der Waals surface area contributed by atoms with E-state index in [-0.39, 0.29) is 5.91 Å². The molecule has 20 heavy (non-hydrogen) atoms. The van der Waals surface area contributed by atoms with Crippen LogP contribution in [-0.2, 0) is 0 Å². The van der Waals surface area contributed by atoms with E-state index in [4.69, 9.17) is 11.6 Å². The second-order valence-corrected chi connectivity index (χ2v) is 5.50. The Labute approximate surface area is 122 Å². The molecule has 3 rings (SSSR count). The summed E-state index contributed by atoms with van der Waals surface area (Å²) in [6.07, 6.45) is 0.972. The highest BCUT2D eigenvalue weighted by atomic mass is 35.5. The molecule has 0 spiro atoms. The molecule has 0 saturated heterocycles. The third-order valence-corrected chi connectivity index (χ3v) is 4.17. The van der Waals surface area contributed by atoms with Gasteiger partial charge in [0.1, 0.15) is 0 Å². The zero-order valence-corrected chi connectivity index (χ0v) is 12.0. The summed E-state index contributed by atoms with van der Waals surface area (Å²) in [6, 6.07) is 9.10. The van der Waals surface area contributed by atoms with Crippen LogP contribution in [0.5, 0.6) is 0 Å². The van der Waals surface area contributed by atoms with Gasteiger partial charge in [0.25, 0.3) is 5.91 Å². The van der Waals surface area contributed by atoms with Crippen molar-refractivity contribution in [2.24, 2.45) is 0 Å². The van der Waals surface area contributed by atoms with Crippen molar-refractivity contribution in [1.82, 2.24) is 4.90 Å². The Morgan fingerprint density at radius 3 is 2.85 bits per heavy atom. The van der Waals surface area contributed by atoms with Crippen LogP contribution in [0.25, 0.3) is 10.8 Å². The van der Waals surface area contributed by atoms with E-state index in [1.165, 1.54) is 4.90 Å². The molecule has 104 valence electrons. The Bertz CT molecular complexity index is 683. The van der Waals surface area contributed by atoms with Crippen LogP contribution >= 0.6 is 11.6 Å². The molecule has 0 saturated carbocycles. The molecule has 0 bridgehead atoms. The Hall–Kier alpha value is -1.58. The first kappa shape index (κ1) is 13.4. The Morgan fingerprint density at radius 2 is 2.10 bits per heavy atom. The molecule has 1 N–H and O–H groups in total. The molecule has 0 aliphatic carbocycles. The summed E-state index contributed by atoms with van der Waals surface area (Å²) in [4.78, 5) is 14.1. The molecule has 1 aliphatic heterocycles. The lowest BCUT2D eigenvalue weighted by Crippen LogP contribution is -2.38. The number of hydrogen-bond acceptors (Lipinski definition) is 2. The Kier molecular flexibility index (Phi) is 3.40. The Morgan fingerprint density at radius 1 is 1.30 bits per heavy atom. The number of carbonyl (C=O) groups is 1. The predicted molar refractivity (Wildman–Crippen MR) is 79.9 cm³/mol. The average molecular weight is 290 g/mol. The molecule has 1 unspecified atom stereocenters. The monoisotopic (exact) mass is 289 g/mol. The topological polar surface area (TPSA) is 40.5 Å². The highest BCUT2D eigenvalue weighted by Crippen LogP contribution is 2.38. The number of amides is 1. The van der Waals surface area contributed by atoms with Gasteiger partial charge in [-0.25, -0.2) is 0 Å². The average Bonchev–Trinajstić information content (AvgIpc) is 2.46. The standard InChI is InChI=1S/C16H16ClNO2/c1-2-3-9-18-15(19)11-6-4-5-10-13(17)8-7-12(14(10)11)16(18)20/h4-8,16,20H,2-3,9H2,1H3. The van der Waals surface area contributed by atoms with E-state index in [1.807, 2.05) is 18.2 Å². The predicted octanol–water partition coefficient (Wildman–Crippen LogP) is 3.74. The maximum Gasteiger partial charge on any atom is 0.256 e. The second-order valence-electron chi connectivity index (χ2n) is 5.09. The number of aliphatic hydroxyl groups is 1. The number of nitrogens with zero attached hydrogens (tertiary/aromatic N) is 1. The fourth-order valence-corrected chi connectivity index (χ4v) is 3.00. The molecule has 2 aromatic rings. The molecular weight excluding hydrogens is 274 g/mol. The normalized spacial score (nSPS) is 17.9. The van der Waals surface area contributed by atoms with Crippen molar-refractivity contribution in [2.45, 2.75) is 26.0 Å². The van der Waals surface area contributed by atoms with Crippen molar-refractivity contribution in [1.29, 1.82) is 0 Å². The van der Waals surface area contributed by atoms with Gasteiger partial charge in [-0.1, -0.05) is 43.1 Å². The van der Waals surface area contributed by atoms with Crippen LogP contribution in [0.3, 0.4) is 0 Å². The van der Waals surface area contributed by atoms with Gasteiger partial charge < -0.3 is 10.0 Å². The molecule has 4 heteroatoms. The van der Waals surface area contributed by atoms with Crippen LogP contribution in [0.1, 0.15) is 41.9 Å². The van der Waals surface area contributed by atoms with Crippen LogP contribution in [-0.4, -0.2) is 22.5 Å². The van der Waals surface area contributed by atoms with Gasteiger partial charge in [-0.3, -0.25) is 4.79 Å². The fraction of sp³-hybridized carbons (Fsp3) is 0.312. The smallest absolute Gasteiger partial charge is 0.256 e. The lowest BCUT2D eigenvalue weighted by Gasteiger charge is -2.34. The van der Waals surface area contributed by atoms with Gasteiger partial charge in [0.2, 0.25) is 0 Å². The lowest BCUT2D eigenvalue weighted by atomic mass is 9.93. The lowest BCUT2D eigenvalue weighted by molar-refractivity contribution is 0.00440. The SMILES string of the molecule is CCCCN1C(=O)c2cccc3c(Cl)ccc(c23)C1O. The quantitative estimate of drug-likeness (QED) is 0.935. The van der Waals surface area contributed by atoms with Gasteiger partial charge in [0.05, 0.1) is 0 Å². The molecule has 0 aromatic heterocycles. The summed E-state index contributed by atoms with van der Waals surface area (Å²) in [7, 11) is 0. The number of halogens is 1. The van der Waals surface area contributed by atoms with E-state index in [0.717, 1.165) is 29.2 Å². The molecule has 3 nitrogen and oxygen atoms in total. The summed E-state index contributed by atoms with van der Waals surface area (Å²) in [5.74, 6) is -0.119. The van der Waals surface area contributed by atoms with E-state index in [2.05, 4.69) is 6.92 Å². The van der Waals surface area contributed by atoms with Gasteiger partial charge >= 0.3 is 0 Å². The van der Waals surface area contributed by atoms with Gasteiger partial charge in [0.15, 0.2) is 6.23 Å². The maximum absolute atomic E-state index is 12.6. The molecule has 1 atom stereocenters. The summed E-state index contributed by atoms with van der Waals surface area (Å²) >= 11 is 6.19. The maximum atomic E-state index is 12.6. The second kappa shape index (κ2) is 5.08. The van der Waals surface area contributed by atoms with E-state index in [0.29, 0.717) is 17.1 Å². The first-order chi connectivity index (χ1) is 9.65. The fourth-order valence-electron chi connectivity index (χ4n) is 2.78. The number of benzene rings is 2. The van der Waals surface area contributed by atoms with Crippen LogP contribution < -0.4 is 0 Å². The highest BCUT2D eigenvalue weighted by molar-refractivity contribution is 6.36.